The van der Waals surface area contributed by atoms with Crippen LogP contribution in [0.25, 0.3) is 0 Å². The number of nitrogens with one attached hydrogen (secondary N) is 1. The van der Waals surface area contributed by atoms with Crippen LogP contribution < -0.4 is 5.32 Å². The highest BCUT2D eigenvalue weighted by molar-refractivity contribution is 7.91. The first-order valence-electron chi connectivity index (χ1n) is 7.49. The number of sulfone groups is 1. The summed E-state index contributed by atoms with van der Waals surface area (Å²) in [7, 11) is -2.72. The summed E-state index contributed by atoms with van der Waals surface area (Å²) in [6, 6.07) is 0. The van der Waals surface area contributed by atoms with E-state index in [1.807, 2.05) is 0 Å². The molecule has 4 heteroatoms. The third-order valence-corrected chi connectivity index (χ3v) is 6.60. The van der Waals surface area contributed by atoms with Gasteiger partial charge in [0.15, 0.2) is 9.84 Å². The van der Waals surface area contributed by atoms with Crippen molar-refractivity contribution in [2.24, 2.45) is 11.3 Å². The first-order valence-corrected chi connectivity index (χ1v) is 9.31. The molecule has 1 N–H and O–H groups in total. The van der Waals surface area contributed by atoms with E-state index in [-0.39, 0.29) is 0 Å². The Morgan fingerprint density at radius 1 is 1.17 bits per heavy atom. The van der Waals surface area contributed by atoms with Crippen molar-refractivity contribution in [3.05, 3.63) is 0 Å². The molecule has 0 aromatic heterocycles. The topological polar surface area (TPSA) is 46.2 Å². The Morgan fingerprint density at radius 2 is 1.89 bits per heavy atom. The molecule has 2 aliphatic heterocycles. The van der Waals surface area contributed by atoms with Crippen molar-refractivity contribution < 1.29 is 8.42 Å². The second kappa shape index (κ2) is 5.91. The summed E-state index contributed by atoms with van der Waals surface area (Å²) in [4.78, 5) is 0. The van der Waals surface area contributed by atoms with Gasteiger partial charge in [0.25, 0.3) is 0 Å². The minimum Gasteiger partial charge on any atom is -0.316 e. The summed E-state index contributed by atoms with van der Waals surface area (Å²) in [6.45, 7) is 4.32. The lowest BCUT2D eigenvalue weighted by atomic mass is 9.67. The Bertz CT molecular complexity index is 360. The second-order valence-corrected chi connectivity index (χ2v) is 8.46. The molecule has 0 saturated carbocycles. The molecule has 1 atom stereocenters. The van der Waals surface area contributed by atoms with E-state index in [1.165, 1.54) is 38.5 Å². The van der Waals surface area contributed by atoms with E-state index in [0.29, 0.717) is 22.8 Å². The van der Waals surface area contributed by atoms with Crippen molar-refractivity contribution in [3.63, 3.8) is 0 Å². The molecule has 2 aliphatic rings. The van der Waals surface area contributed by atoms with Crippen LogP contribution in [0.15, 0.2) is 0 Å². The molecule has 0 radical (unpaired) electrons. The first-order chi connectivity index (χ1) is 8.58. The summed E-state index contributed by atoms with van der Waals surface area (Å²) in [6.07, 6.45) is 8.68. The van der Waals surface area contributed by atoms with Gasteiger partial charge in [-0.05, 0) is 24.2 Å². The van der Waals surface area contributed by atoms with Gasteiger partial charge in [0.05, 0.1) is 11.5 Å². The number of hydrogen-bond donors (Lipinski definition) is 1. The summed E-state index contributed by atoms with van der Waals surface area (Å²) in [5.74, 6) is 1.30. The third kappa shape index (κ3) is 3.27. The van der Waals surface area contributed by atoms with Crippen LogP contribution in [0.4, 0.5) is 0 Å². The minimum atomic E-state index is -2.72. The third-order valence-electron chi connectivity index (χ3n) is 4.83. The maximum Gasteiger partial charge on any atom is 0.150 e. The van der Waals surface area contributed by atoms with Crippen molar-refractivity contribution in [3.8, 4) is 0 Å². The average Bonchev–Trinajstić information content (AvgIpc) is 2.62. The van der Waals surface area contributed by atoms with Crippen molar-refractivity contribution in [2.45, 2.75) is 51.9 Å². The van der Waals surface area contributed by atoms with E-state index in [2.05, 4.69) is 12.2 Å². The molecule has 0 amide bonds. The Labute approximate surface area is 112 Å². The molecule has 0 spiro atoms. The minimum absolute atomic E-state index is 0.315. The summed E-state index contributed by atoms with van der Waals surface area (Å²) in [5, 5.41) is 3.36. The molecule has 2 rings (SSSR count). The fraction of sp³-hybridized carbons (Fsp3) is 1.00. The van der Waals surface area contributed by atoms with E-state index >= 15 is 0 Å². The molecule has 0 aromatic rings. The van der Waals surface area contributed by atoms with Gasteiger partial charge in [-0.15, -0.1) is 0 Å². The monoisotopic (exact) mass is 273 g/mol. The Hall–Kier alpha value is -0.0900. The van der Waals surface area contributed by atoms with Crippen LogP contribution in [-0.2, 0) is 9.84 Å². The zero-order valence-electron chi connectivity index (χ0n) is 11.6. The van der Waals surface area contributed by atoms with Gasteiger partial charge in [0.2, 0.25) is 0 Å². The van der Waals surface area contributed by atoms with Gasteiger partial charge in [-0.3, -0.25) is 0 Å². The van der Waals surface area contributed by atoms with Crippen LogP contribution in [-0.4, -0.2) is 33.0 Å². The molecule has 1 unspecified atom stereocenters. The fourth-order valence-corrected chi connectivity index (χ4v) is 5.42. The van der Waals surface area contributed by atoms with Gasteiger partial charge in [0.1, 0.15) is 0 Å². The predicted octanol–water partition coefficient (Wildman–Crippen LogP) is 2.37. The van der Waals surface area contributed by atoms with Gasteiger partial charge in [0, 0.05) is 13.1 Å². The smallest absolute Gasteiger partial charge is 0.150 e. The standard InChI is InChI=1S/C14H27NO2S/c1-2-3-4-5-6-8-14(11-15-12-14)13-7-9-18(16,17)10-13/h13,15H,2-12H2,1H3. The number of hydrogen-bond acceptors (Lipinski definition) is 3. The van der Waals surface area contributed by atoms with Crippen LogP contribution in [0.3, 0.4) is 0 Å². The highest BCUT2D eigenvalue weighted by Crippen LogP contribution is 2.43. The fourth-order valence-electron chi connectivity index (χ4n) is 3.47. The van der Waals surface area contributed by atoms with E-state index in [1.54, 1.807) is 0 Å². The highest BCUT2D eigenvalue weighted by Gasteiger charge is 2.47. The van der Waals surface area contributed by atoms with E-state index in [4.69, 9.17) is 0 Å². The zero-order valence-corrected chi connectivity index (χ0v) is 12.4. The van der Waals surface area contributed by atoms with Gasteiger partial charge in [-0.2, -0.15) is 0 Å². The normalized spacial score (nSPS) is 29.1. The predicted molar refractivity (Wildman–Crippen MR) is 75.4 cm³/mol. The molecule has 2 saturated heterocycles. The van der Waals surface area contributed by atoms with Gasteiger partial charge in [-0.25, -0.2) is 8.42 Å². The molecule has 106 valence electrons. The van der Waals surface area contributed by atoms with Crippen LogP contribution in [0, 0.1) is 11.3 Å². The van der Waals surface area contributed by atoms with E-state index < -0.39 is 9.84 Å². The van der Waals surface area contributed by atoms with Crippen LogP contribution in [0.2, 0.25) is 0 Å². The quantitative estimate of drug-likeness (QED) is 0.724. The SMILES string of the molecule is CCCCCCCC1(C2CCS(=O)(=O)C2)CNC1. The number of rotatable bonds is 7. The lowest BCUT2D eigenvalue weighted by molar-refractivity contribution is 0.0771. The molecular formula is C14H27NO2S. The molecule has 0 aromatic carbocycles. The summed E-state index contributed by atoms with van der Waals surface area (Å²) in [5.41, 5.74) is 0.315. The van der Waals surface area contributed by atoms with Crippen LogP contribution in [0.1, 0.15) is 51.9 Å². The first kappa shape index (κ1) is 14.3. The maximum atomic E-state index is 11.6. The van der Waals surface area contributed by atoms with Crippen molar-refractivity contribution >= 4 is 9.84 Å². The lowest BCUT2D eigenvalue weighted by Gasteiger charge is -2.47. The van der Waals surface area contributed by atoms with Crippen LogP contribution in [0.5, 0.6) is 0 Å². The molecule has 0 bridgehead atoms. The highest BCUT2D eigenvalue weighted by atomic mass is 32.2. The molecular weight excluding hydrogens is 246 g/mol. The number of unbranched alkanes of at least 4 members (excludes halogenated alkanes) is 4. The molecule has 2 heterocycles. The van der Waals surface area contributed by atoms with Crippen LogP contribution >= 0.6 is 0 Å². The molecule has 18 heavy (non-hydrogen) atoms. The van der Waals surface area contributed by atoms with Crippen molar-refractivity contribution in [1.82, 2.24) is 5.32 Å². The second-order valence-electron chi connectivity index (χ2n) is 6.23. The zero-order chi connectivity index (χ0) is 13.1. The maximum absolute atomic E-state index is 11.6. The molecule has 2 fully saturated rings. The summed E-state index contributed by atoms with van der Waals surface area (Å²) < 4.78 is 23.2. The largest absolute Gasteiger partial charge is 0.316 e. The Kier molecular flexibility index (Phi) is 4.70. The van der Waals surface area contributed by atoms with Gasteiger partial charge in [-0.1, -0.05) is 39.0 Å². The Balaban J connectivity index is 1.80. The van der Waals surface area contributed by atoms with Crippen molar-refractivity contribution in [1.29, 1.82) is 0 Å². The van der Waals surface area contributed by atoms with Gasteiger partial charge < -0.3 is 5.32 Å². The summed E-state index contributed by atoms with van der Waals surface area (Å²) >= 11 is 0. The molecule has 0 aliphatic carbocycles. The van der Waals surface area contributed by atoms with Gasteiger partial charge >= 0.3 is 0 Å². The molecule has 3 nitrogen and oxygen atoms in total. The van der Waals surface area contributed by atoms with Crippen molar-refractivity contribution in [2.75, 3.05) is 24.6 Å². The average molecular weight is 273 g/mol. The Morgan fingerprint density at radius 3 is 2.39 bits per heavy atom. The van der Waals surface area contributed by atoms with E-state index in [9.17, 15) is 8.42 Å². The lowest BCUT2D eigenvalue weighted by Crippen LogP contribution is -2.57. The van der Waals surface area contributed by atoms with E-state index in [0.717, 1.165) is 19.5 Å².